The highest BCUT2D eigenvalue weighted by atomic mass is 35.5. The van der Waals surface area contributed by atoms with Crippen molar-refractivity contribution in [3.63, 3.8) is 0 Å². The molecule has 1 aromatic carbocycles. The molecule has 2 rings (SSSR count). The summed E-state index contributed by atoms with van der Waals surface area (Å²) in [5.41, 5.74) is 1.83. The molecule has 0 aliphatic carbocycles. The van der Waals surface area contributed by atoms with E-state index in [4.69, 9.17) is 16.3 Å². The lowest BCUT2D eigenvalue weighted by Gasteiger charge is -2.17. The van der Waals surface area contributed by atoms with Crippen LogP contribution in [0, 0.1) is 0 Å². The number of fused-ring (bicyclic) bond motifs is 1. The van der Waals surface area contributed by atoms with Crippen molar-refractivity contribution in [2.75, 3.05) is 32.1 Å². The largest absolute Gasteiger partial charge is 0.466 e. The zero-order valence-corrected chi connectivity index (χ0v) is 15.9. The summed E-state index contributed by atoms with van der Waals surface area (Å²) in [7, 11) is 1.75. The number of esters is 1. The molecule has 7 heteroatoms. The summed E-state index contributed by atoms with van der Waals surface area (Å²) in [6, 6.07) is 7.54. The molecule has 1 amide bonds. The number of carbonyl (C=O) groups excluding carboxylic acids is 2. The van der Waals surface area contributed by atoms with Crippen molar-refractivity contribution in [1.29, 1.82) is 0 Å². The second kappa shape index (κ2) is 9.97. The van der Waals surface area contributed by atoms with Gasteiger partial charge in [0.05, 0.1) is 18.5 Å². The molecule has 0 saturated carbocycles. The van der Waals surface area contributed by atoms with E-state index in [1.165, 1.54) is 0 Å². The first-order valence-corrected chi connectivity index (χ1v) is 9.06. The summed E-state index contributed by atoms with van der Waals surface area (Å²) in [4.78, 5) is 29.3. The average Bonchev–Trinajstić information content (AvgIpc) is 2.63. The van der Waals surface area contributed by atoms with Gasteiger partial charge >= 0.3 is 5.97 Å². The van der Waals surface area contributed by atoms with Gasteiger partial charge in [-0.3, -0.25) is 14.6 Å². The van der Waals surface area contributed by atoms with E-state index in [-0.39, 0.29) is 24.7 Å². The van der Waals surface area contributed by atoms with Gasteiger partial charge in [-0.05, 0) is 37.6 Å². The minimum atomic E-state index is -0.333. The Labute approximate surface area is 158 Å². The average molecular weight is 378 g/mol. The van der Waals surface area contributed by atoms with Crippen molar-refractivity contribution in [3.8, 4) is 0 Å². The van der Waals surface area contributed by atoms with E-state index in [1.54, 1.807) is 25.1 Å². The second-order valence-corrected chi connectivity index (χ2v) is 6.36. The predicted molar refractivity (Wildman–Crippen MR) is 103 cm³/mol. The van der Waals surface area contributed by atoms with Crippen molar-refractivity contribution >= 4 is 40.1 Å². The van der Waals surface area contributed by atoms with E-state index in [9.17, 15) is 9.59 Å². The molecule has 0 aliphatic heterocycles. The lowest BCUT2D eigenvalue weighted by Crippen LogP contribution is -2.29. The molecule has 2 aromatic rings. The van der Waals surface area contributed by atoms with Gasteiger partial charge in [0.1, 0.15) is 0 Å². The van der Waals surface area contributed by atoms with Crippen LogP contribution in [0.4, 0.5) is 5.69 Å². The van der Waals surface area contributed by atoms with Gasteiger partial charge in [-0.1, -0.05) is 11.6 Å². The van der Waals surface area contributed by atoms with Crippen LogP contribution in [0.15, 0.2) is 30.5 Å². The zero-order valence-electron chi connectivity index (χ0n) is 15.1. The Morgan fingerprint density at radius 3 is 2.85 bits per heavy atom. The molecule has 140 valence electrons. The Morgan fingerprint density at radius 1 is 1.27 bits per heavy atom. The van der Waals surface area contributed by atoms with E-state index in [0.29, 0.717) is 18.2 Å². The fourth-order valence-electron chi connectivity index (χ4n) is 2.57. The topological polar surface area (TPSA) is 71.5 Å². The Hall–Kier alpha value is -2.34. The number of halogens is 1. The summed E-state index contributed by atoms with van der Waals surface area (Å²) in [5.74, 6) is -0.386. The van der Waals surface area contributed by atoms with Gasteiger partial charge in [-0.15, -0.1) is 0 Å². The van der Waals surface area contributed by atoms with Crippen LogP contribution in [0.5, 0.6) is 0 Å². The Balaban J connectivity index is 1.76. The number of anilines is 1. The molecule has 0 spiro atoms. The highest BCUT2D eigenvalue weighted by Gasteiger charge is 2.11. The maximum Gasteiger partial charge on any atom is 0.306 e. The predicted octanol–water partition coefficient (Wildman–Crippen LogP) is 3.49. The molecule has 0 radical (unpaired) electrons. The Kier molecular flexibility index (Phi) is 7.66. The van der Waals surface area contributed by atoms with E-state index in [0.717, 1.165) is 29.6 Å². The molecule has 6 nitrogen and oxygen atoms in total. The number of carbonyl (C=O) groups is 2. The molecule has 26 heavy (non-hydrogen) atoms. The first-order valence-electron chi connectivity index (χ1n) is 8.69. The van der Waals surface area contributed by atoms with E-state index in [2.05, 4.69) is 10.3 Å². The molecule has 1 heterocycles. The first kappa shape index (κ1) is 20.0. The molecule has 0 fully saturated rings. The van der Waals surface area contributed by atoms with Crippen LogP contribution in [0.3, 0.4) is 0 Å². The first-order chi connectivity index (χ1) is 12.5. The van der Waals surface area contributed by atoms with Gasteiger partial charge in [0.15, 0.2) is 0 Å². The van der Waals surface area contributed by atoms with Crippen molar-refractivity contribution in [1.82, 2.24) is 9.88 Å². The number of rotatable bonds is 9. The smallest absolute Gasteiger partial charge is 0.306 e. The summed E-state index contributed by atoms with van der Waals surface area (Å²) < 4.78 is 4.83. The summed E-state index contributed by atoms with van der Waals surface area (Å²) >= 11 is 6.00. The molecule has 0 bridgehead atoms. The van der Waals surface area contributed by atoms with E-state index < -0.39 is 0 Å². The molecular formula is C19H24ClN3O3. The van der Waals surface area contributed by atoms with E-state index in [1.807, 2.05) is 24.3 Å². The Bertz CT molecular complexity index is 767. The zero-order chi connectivity index (χ0) is 18.9. The van der Waals surface area contributed by atoms with Crippen LogP contribution in [-0.4, -0.2) is 48.5 Å². The number of amides is 1. The molecule has 0 unspecified atom stereocenters. The number of nitrogens with one attached hydrogen (secondary N) is 1. The maximum atomic E-state index is 12.0. The fraction of sp³-hybridized carbons (Fsp3) is 0.421. The van der Waals surface area contributed by atoms with Crippen LogP contribution >= 0.6 is 11.6 Å². The van der Waals surface area contributed by atoms with Gasteiger partial charge < -0.3 is 15.0 Å². The summed E-state index contributed by atoms with van der Waals surface area (Å²) in [6.07, 6.45) is 2.84. The minimum absolute atomic E-state index is 0.0537. The normalized spacial score (nSPS) is 10.6. The van der Waals surface area contributed by atoms with Gasteiger partial charge in [-0.25, -0.2) is 0 Å². The minimum Gasteiger partial charge on any atom is -0.466 e. The fourth-order valence-corrected chi connectivity index (χ4v) is 2.74. The van der Waals surface area contributed by atoms with Gasteiger partial charge in [0.25, 0.3) is 0 Å². The molecule has 0 atom stereocenters. The lowest BCUT2D eigenvalue weighted by atomic mass is 10.2. The van der Waals surface area contributed by atoms with Gasteiger partial charge in [0, 0.05) is 48.9 Å². The van der Waals surface area contributed by atoms with Crippen molar-refractivity contribution in [2.45, 2.75) is 26.2 Å². The third-order valence-corrected chi connectivity index (χ3v) is 4.20. The highest BCUT2D eigenvalue weighted by Crippen LogP contribution is 2.24. The molecule has 1 aromatic heterocycles. The quantitative estimate of drug-likeness (QED) is 0.535. The van der Waals surface area contributed by atoms with Crippen LogP contribution < -0.4 is 5.32 Å². The van der Waals surface area contributed by atoms with Crippen LogP contribution in [0.2, 0.25) is 5.02 Å². The van der Waals surface area contributed by atoms with E-state index >= 15 is 0 Å². The highest BCUT2D eigenvalue weighted by molar-refractivity contribution is 6.31. The summed E-state index contributed by atoms with van der Waals surface area (Å²) in [5, 5.41) is 5.04. The molecule has 0 saturated heterocycles. The SMILES string of the molecule is CCOC(=O)CCC(=O)N(C)CCCNc1ccnc2cc(Cl)ccc12. The van der Waals surface area contributed by atoms with Crippen molar-refractivity contribution in [2.24, 2.45) is 0 Å². The number of benzene rings is 1. The van der Waals surface area contributed by atoms with Crippen molar-refractivity contribution < 1.29 is 14.3 Å². The van der Waals surface area contributed by atoms with Crippen LogP contribution in [0.1, 0.15) is 26.2 Å². The molecule has 1 N–H and O–H groups in total. The number of hydrogen-bond acceptors (Lipinski definition) is 5. The van der Waals surface area contributed by atoms with Crippen molar-refractivity contribution in [3.05, 3.63) is 35.5 Å². The maximum absolute atomic E-state index is 12.0. The van der Waals surface area contributed by atoms with Gasteiger partial charge in [0.2, 0.25) is 5.91 Å². The number of nitrogens with zero attached hydrogens (tertiary/aromatic N) is 2. The molecule has 0 aliphatic rings. The van der Waals surface area contributed by atoms with Crippen LogP contribution in [-0.2, 0) is 14.3 Å². The second-order valence-electron chi connectivity index (χ2n) is 5.92. The third-order valence-electron chi connectivity index (χ3n) is 3.96. The monoisotopic (exact) mass is 377 g/mol. The standard InChI is InChI=1S/C19H24ClN3O3/c1-3-26-19(25)8-7-18(24)23(2)12-4-10-21-16-9-11-22-17-13-14(20)5-6-15(16)17/h5-6,9,11,13H,3-4,7-8,10,12H2,1-2H3,(H,21,22). The third kappa shape index (κ3) is 5.88. The lowest BCUT2D eigenvalue weighted by molar-refractivity contribution is -0.145. The number of aromatic nitrogens is 1. The van der Waals surface area contributed by atoms with Crippen LogP contribution in [0.25, 0.3) is 10.9 Å². The number of hydrogen-bond donors (Lipinski definition) is 1. The Morgan fingerprint density at radius 2 is 2.08 bits per heavy atom. The van der Waals surface area contributed by atoms with Gasteiger partial charge in [-0.2, -0.15) is 0 Å². The number of pyridine rings is 1. The number of ether oxygens (including phenoxy) is 1. The summed E-state index contributed by atoms with van der Waals surface area (Å²) in [6.45, 7) is 3.42. The molecular weight excluding hydrogens is 354 g/mol.